The summed E-state index contributed by atoms with van der Waals surface area (Å²) in [5.41, 5.74) is 4.71. The highest BCUT2D eigenvalue weighted by Crippen LogP contribution is 2.30. The van der Waals surface area contributed by atoms with Crippen LogP contribution in [0.3, 0.4) is 0 Å². The first kappa shape index (κ1) is 16.0. The zero-order chi connectivity index (χ0) is 16.4. The minimum absolute atomic E-state index is 0.146. The van der Waals surface area contributed by atoms with Crippen LogP contribution in [-0.4, -0.2) is 5.78 Å². The van der Waals surface area contributed by atoms with Crippen molar-refractivity contribution < 1.29 is 4.79 Å². The third kappa shape index (κ3) is 3.72. The van der Waals surface area contributed by atoms with Crippen LogP contribution >= 0.6 is 22.9 Å². The minimum Gasteiger partial charge on any atom is -0.293 e. The summed E-state index contributed by atoms with van der Waals surface area (Å²) in [6.07, 6.45) is 0.407. The lowest BCUT2D eigenvalue weighted by Crippen LogP contribution is -2.00. The lowest BCUT2D eigenvalue weighted by molar-refractivity contribution is 0.0997. The van der Waals surface area contributed by atoms with Gasteiger partial charge in [-0.2, -0.15) is 0 Å². The molecule has 0 atom stereocenters. The number of aryl methyl sites for hydroxylation is 2. The van der Waals surface area contributed by atoms with Crippen LogP contribution in [0.25, 0.3) is 10.4 Å². The van der Waals surface area contributed by atoms with E-state index in [0.717, 1.165) is 15.3 Å². The molecule has 0 unspecified atom stereocenters. The average Bonchev–Trinajstić information content (AvgIpc) is 3.02. The van der Waals surface area contributed by atoms with Crippen LogP contribution in [-0.2, 0) is 6.42 Å². The molecule has 2 aromatic carbocycles. The fourth-order valence-electron chi connectivity index (χ4n) is 2.41. The standard InChI is InChI=1S/C20H17ClOS/c1-13-3-6-16(11-14(13)2)19-9-10-20(23-19)18(22)12-15-4-7-17(21)8-5-15/h3-11H,12H2,1-2H3. The molecule has 3 heteroatoms. The van der Waals surface area contributed by atoms with Crippen LogP contribution < -0.4 is 0 Å². The molecule has 0 aliphatic carbocycles. The molecule has 0 spiro atoms. The van der Waals surface area contributed by atoms with Gasteiger partial charge in [-0.05, 0) is 60.4 Å². The lowest BCUT2D eigenvalue weighted by atomic mass is 10.1. The van der Waals surface area contributed by atoms with Gasteiger partial charge in [0.15, 0.2) is 5.78 Å². The summed E-state index contributed by atoms with van der Waals surface area (Å²) in [5.74, 6) is 0.146. The molecule has 0 N–H and O–H groups in total. The summed E-state index contributed by atoms with van der Waals surface area (Å²) in [5, 5.41) is 0.689. The van der Waals surface area contributed by atoms with Crippen LogP contribution in [0.2, 0.25) is 5.02 Å². The summed E-state index contributed by atoms with van der Waals surface area (Å²) >= 11 is 7.43. The number of thiophene rings is 1. The Kier molecular flexibility index (Phi) is 4.65. The second-order valence-corrected chi connectivity index (χ2v) is 7.21. The molecule has 0 saturated heterocycles. The maximum atomic E-state index is 12.4. The van der Waals surface area contributed by atoms with Crippen LogP contribution in [0.5, 0.6) is 0 Å². The highest BCUT2D eigenvalue weighted by atomic mass is 35.5. The number of hydrogen-bond acceptors (Lipinski definition) is 2. The predicted molar refractivity (Wildman–Crippen MR) is 98.7 cm³/mol. The zero-order valence-electron chi connectivity index (χ0n) is 13.1. The fourth-order valence-corrected chi connectivity index (χ4v) is 3.48. The Labute approximate surface area is 145 Å². The lowest BCUT2D eigenvalue weighted by Gasteiger charge is -2.03. The monoisotopic (exact) mass is 340 g/mol. The van der Waals surface area contributed by atoms with E-state index in [0.29, 0.717) is 11.4 Å². The van der Waals surface area contributed by atoms with Gasteiger partial charge in [-0.15, -0.1) is 11.3 Å². The molecule has 0 radical (unpaired) electrons. The highest BCUT2D eigenvalue weighted by Gasteiger charge is 2.11. The van der Waals surface area contributed by atoms with Crippen LogP contribution in [0.1, 0.15) is 26.4 Å². The maximum absolute atomic E-state index is 12.4. The van der Waals surface area contributed by atoms with Crippen molar-refractivity contribution in [3.05, 3.63) is 81.2 Å². The summed E-state index contributed by atoms with van der Waals surface area (Å²) in [7, 11) is 0. The SMILES string of the molecule is Cc1ccc(-c2ccc(C(=O)Cc3ccc(Cl)cc3)s2)cc1C. The van der Waals surface area contributed by atoms with Crippen molar-refractivity contribution in [3.63, 3.8) is 0 Å². The van der Waals surface area contributed by atoms with E-state index in [-0.39, 0.29) is 5.78 Å². The van der Waals surface area contributed by atoms with E-state index >= 15 is 0 Å². The Hall–Kier alpha value is -1.90. The molecule has 3 rings (SSSR count). The number of Topliss-reactive ketones (excluding diaryl/α,β-unsaturated/α-hetero) is 1. The molecular formula is C20H17ClOS. The van der Waals surface area contributed by atoms with Gasteiger partial charge >= 0.3 is 0 Å². The Balaban J connectivity index is 1.79. The van der Waals surface area contributed by atoms with Crippen molar-refractivity contribution in [2.75, 3.05) is 0 Å². The average molecular weight is 341 g/mol. The largest absolute Gasteiger partial charge is 0.293 e. The van der Waals surface area contributed by atoms with Gasteiger partial charge in [-0.1, -0.05) is 41.9 Å². The van der Waals surface area contributed by atoms with Crippen molar-refractivity contribution in [2.24, 2.45) is 0 Å². The van der Waals surface area contributed by atoms with Crippen LogP contribution in [0.4, 0.5) is 0 Å². The van der Waals surface area contributed by atoms with Gasteiger partial charge in [0.2, 0.25) is 0 Å². The molecular weight excluding hydrogens is 324 g/mol. The van der Waals surface area contributed by atoms with E-state index in [9.17, 15) is 4.79 Å². The Morgan fingerprint density at radius 3 is 2.39 bits per heavy atom. The molecule has 1 heterocycles. The maximum Gasteiger partial charge on any atom is 0.177 e. The molecule has 0 amide bonds. The summed E-state index contributed by atoms with van der Waals surface area (Å²) in [4.78, 5) is 14.4. The third-order valence-corrected chi connectivity index (χ3v) is 5.38. The van der Waals surface area contributed by atoms with E-state index in [1.807, 2.05) is 36.4 Å². The zero-order valence-corrected chi connectivity index (χ0v) is 14.7. The fraction of sp³-hybridized carbons (Fsp3) is 0.150. The van der Waals surface area contributed by atoms with Crippen molar-refractivity contribution in [1.82, 2.24) is 0 Å². The third-order valence-electron chi connectivity index (χ3n) is 3.95. The first-order valence-corrected chi connectivity index (χ1v) is 8.67. The normalized spacial score (nSPS) is 10.7. The number of rotatable bonds is 4. The molecule has 0 fully saturated rings. The number of halogens is 1. The van der Waals surface area contributed by atoms with Crippen LogP contribution in [0.15, 0.2) is 54.6 Å². The van der Waals surface area contributed by atoms with E-state index in [1.54, 1.807) is 11.3 Å². The first-order valence-electron chi connectivity index (χ1n) is 7.48. The smallest absolute Gasteiger partial charge is 0.177 e. The number of hydrogen-bond donors (Lipinski definition) is 0. The molecule has 1 nitrogen and oxygen atoms in total. The first-order chi connectivity index (χ1) is 11.0. The molecule has 0 aliphatic heterocycles. The number of benzene rings is 2. The van der Waals surface area contributed by atoms with Gasteiger partial charge in [-0.3, -0.25) is 4.79 Å². The van der Waals surface area contributed by atoms with Crippen molar-refractivity contribution >= 4 is 28.7 Å². The summed E-state index contributed by atoms with van der Waals surface area (Å²) < 4.78 is 0. The Morgan fingerprint density at radius 2 is 1.70 bits per heavy atom. The van der Waals surface area contributed by atoms with E-state index < -0.39 is 0 Å². The predicted octanol–water partition coefficient (Wildman–Crippen LogP) is 6.11. The van der Waals surface area contributed by atoms with Gasteiger partial charge in [0, 0.05) is 16.3 Å². The van der Waals surface area contributed by atoms with Gasteiger partial charge in [-0.25, -0.2) is 0 Å². The van der Waals surface area contributed by atoms with Gasteiger partial charge < -0.3 is 0 Å². The molecule has 0 saturated carbocycles. The minimum atomic E-state index is 0.146. The number of carbonyl (C=O) groups is 1. The second kappa shape index (κ2) is 6.69. The van der Waals surface area contributed by atoms with E-state index in [4.69, 9.17) is 11.6 Å². The molecule has 3 aromatic rings. The van der Waals surface area contributed by atoms with Gasteiger partial charge in [0.25, 0.3) is 0 Å². The topological polar surface area (TPSA) is 17.1 Å². The van der Waals surface area contributed by atoms with Crippen molar-refractivity contribution in [1.29, 1.82) is 0 Å². The Morgan fingerprint density at radius 1 is 0.957 bits per heavy atom. The van der Waals surface area contributed by atoms with Crippen molar-refractivity contribution in [2.45, 2.75) is 20.3 Å². The summed E-state index contributed by atoms with van der Waals surface area (Å²) in [6, 6.07) is 17.8. The number of ketones is 1. The van der Waals surface area contributed by atoms with Crippen molar-refractivity contribution in [3.8, 4) is 10.4 Å². The van der Waals surface area contributed by atoms with Crippen LogP contribution in [0, 0.1) is 13.8 Å². The quantitative estimate of drug-likeness (QED) is 0.523. The molecule has 1 aromatic heterocycles. The molecule has 0 aliphatic rings. The van der Waals surface area contributed by atoms with E-state index in [1.165, 1.54) is 16.7 Å². The molecule has 0 bridgehead atoms. The number of carbonyl (C=O) groups excluding carboxylic acids is 1. The van der Waals surface area contributed by atoms with Gasteiger partial charge in [0.1, 0.15) is 0 Å². The Bertz CT molecular complexity index is 846. The highest BCUT2D eigenvalue weighted by molar-refractivity contribution is 7.17. The second-order valence-electron chi connectivity index (χ2n) is 5.69. The van der Waals surface area contributed by atoms with Gasteiger partial charge in [0.05, 0.1) is 4.88 Å². The molecule has 23 heavy (non-hydrogen) atoms. The van der Waals surface area contributed by atoms with E-state index in [2.05, 4.69) is 32.0 Å². The molecule has 116 valence electrons. The summed E-state index contributed by atoms with van der Waals surface area (Å²) in [6.45, 7) is 4.22.